The summed E-state index contributed by atoms with van der Waals surface area (Å²) in [7, 11) is 0. The van der Waals surface area contributed by atoms with Crippen molar-refractivity contribution in [2.24, 2.45) is 5.92 Å². The van der Waals surface area contributed by atoms with Gasteiger partial charge in [-0.3, -0.25) is 4.79 Å². The van der Waals surface area contributed by atoms with Crippen LogP contribution in [0.1, 0.15) is 26.2 Å². The Morgan fingerprint density at radius 2 is 2.21 bits per heavy atom. The molecule has 1 fully saturated rings. The molecule has 1 amide bonds. The van der Waals surface area contributed by atoms with Gasteiger partial charge in [0.2, 0.25) is 5.91 Å². The molecule has 0 aromatic heterocycles. The number of hydrogen-bond acceptors (Lipinski definition) is 2. The second-order valence-corrected chi connectivity index (χ2v) is 3.82. The Hall–Kier alpha value is -1.32. The number of carbonyl (C=O) groups is 2. The smallest absolute Gasteiger partial charge is 0.329 e. The SMILES string of the molecule is C=CCC(=O)NC(C)(C(=O)O)C1CC1. The first-order valence-electron chi connectivity index (χ1n) is 4.66. The van der Waals surface area contributed by atoms with E-state index in [9.17, 15) is 9.59 Å². The topological polar surface area (TPSA) is 66.4 Å². The van der Waals surface area contributed by atoms with Gasteiger partial charge in [-0.25, -0.2) is 4.79 Å². The number of amides is 1. The maximum atomic E-state index is 11.2. The molecule has 1 atom stereocenters. The number of carboxylic acid groups (broad SMARTS) is 1. The number of aliphatic carboxylic acids is 1. The Morgan fingerprint density at radius 1 is 1.64 bits per heavy atom. The molecule has 0 aromatic rings. The van der Waals surface area contributed by atoms with E-state index in [1.165, 1.54) is 6.08 Å². The average Bonchev–Trinajstić information content (AvgIpc) is 2.85. The first kappa shape index (κ1) is 10.8. The molecule has 1 rings (SSSR count). The fourth-order valence-electron chi connectivity index (χ4n) is 1.46. The summed E-state index contributed by atoms with van der Waals surface area (Å²) in [6, 6.07) is 0. The van der Waals surface area contributed by atoms with E-state index >= 15 is 0 Å². The highest BCUT2D eigenvalue weighted by molar-refractivity contribution is 5.87. The minimum absolute atomic E-state index is 0.0776. The van der Waals surface area contributed by atoms with Crippen molar-refractivity contribution in [1.29, 1.82) is 0 Å². The highest BCUT2D eigenvalue weighted by Gasteiger charge is 2.48. The lowest BCUT2D eigenvalue weighted by Crippen LogP contribution is -2.53. The Labute approximate surface area is 83.0 Å². The van der Waals surface area contributed by atoms with E-state index in [4.69, 9.17) is 5.11 Å². The molecular weight excluding hydrogens is 182 g/mol. The Morgan fingerprint density at radius 3 is 2.57 bits per heavy atom. The van der Waals surface area contributed by atoms with Crippen molar-refractivity contribution in [3.8, 4) is 0 Å². The lowest BCUT2D eigenvalue weighted by molar-refractivity contribution is -0.147. The van der Waals surface area contributed by atoms with E-state index in [0.717, 1.165) is 12.8 Å². The van der Waals surface area contributed by atoms with Crippen LogP contribution in [-0.2, 0) is 9.59 Å². The summed E-state index contributed by atoms with van der Waals surface area (Å²) >= 11 is 0. The van der Waals surface area contributed by atoms with Crippen molar-refractivity contribution in [1.82, 2.24) is 5.32 Å². The number of carbonyl (C=O) groups excluding carboxylic acids is 1. The van der Waals surface area contributed by atoms with Gasteiger partial charge in [0, 0.05) is 6.42 Å². The lowest BCUT2D eigenvalue weighted by Gasteiger charge is -2.25. The van der Waals surface area contributed by atoms with E-state index in [1.807, 2.05) is 0 Å². The summed E-state index contributed by atoms with van der Waals surface area (Å²) in [5.41, 5.74) is -1.10. The summed E-state index contributed by atoms with van der Waals surface area (Å²) in [6.07, 6.45) is 3.37. The molecule has 2 N–H and O–H groups in total. The predicted molar refractivity (Wildman–Crippen MR) is 51.7 cm³/mol. The van der Waals surface area contributed by atoms with Crippen LogP contribution < -0.4 is 5.32 Å². The van der Waals surface area contributed by atoms with Gasteiger partial charge in [0.25, 0.3) is 0 Å². The third kappa shape index (κ3) is 2.13. The second kappa shape index (κ2) is 3.82. The third-order valence-corrected chi connectivity index (χ3v) is 2.57. The maximum Gasteiger partial charge on any atom is 0.329 e. The van der Waals surface area contributed by atoms with Crippen molar-refractivity contribution < 1.29 is 14.7 Å². The van der Waals surface area contributed by atoms with Gasteiger partial charge in [-0.1, -0.05) is 6.08 Å². The van der Waals surface area contributed by atoms with Gasteiger partial charge < -0.3 is 10.4 Å². The molecule has 0 heterocycles. The first-order chi connectivity index (χ1) is 6.50. The van der Waals surface area contributed by atoms with Crippen LogP contribution in [0.2, 0.25) is 0 Å². The molecule has 0 aliphatic heterocycles. The van der Waals surface area contributed by atoms with Crippen molar-refractivity contribution in [2.45, 2.75) is 31.7 Å². The van der Waals surface area contributed by atoms with Crippen LogP contribution in [0.25, 0.3) is 0 Å². The second-order valence-electron chi connectivity index (χ2n) is 3.82. The van der Waals surface area contributed by atoms with Crippen molar-refractivity contribution >= 4 is 11.9 Å². The van der Waals surface area contributed by atoms with Crippen LogP contribution in [0.3, 0.4) is 0 Å². The van der Waals surface area contributed by atoms with Gasteiger partial charge in [-0.2, -0.15) is 0 Å². The zero-order valence-corrected chi connectivity index (χ0v) is 8.25. The summed E-state index contributed by atoms with van der Waals surface area (Å²) in [4.78, 5) is 22.3. The average molecular weight is 197 g/mol. The quantitative estimate of drug-likeness (QED) is 0.644. The number of hydrogen-bond donors (Lipinski definition) is 2. The summed E-state index contributed by atoms with van der Waals surface area (Å²) in [5, 5.41) is 11.6. The van der Waals surface area contributed by atoms with Gasteiger partial charge in [0.15, 0.2) is 0 Å². The van der Waals surface area contributed by atoms with Gasteiger partial charge in [-0.15, -0.1) is 6.58 Å². The molecule has 0 radical (unpaired) electrons. The fourth-order valence-corrected chi connectivity index (χ4v) is 1.46. The molecular formula is C10H15NO3. The number of nitrogens with one attached hydrogen (secondary N) is 1. The van der Waals surface area contributed by atoms with Crippen LogP contribution in [-0.4, -0.2) is 22.5 Å². The predicted octanol–water partition coefficient (Wildman–Crippen LogP) is 0.932. The molecule has 0 spiro atoms. The Balaban J connectivity index is 2.64. The highest BCUT2D eigenvalue weighted by Crippen LogP contribution is 2.39. The van der Waals surface area contributed by atoms with Crippen LogP contribution in [0.5, 0.6) is 0 Å². The molecule has 14 heavy (non-hydrogen) atoms. The largest absolute Gasteiger partial charge is 0.480 e. The molecule has 1 unspecified atom stereocenters. The van der Waals surface area contributed by atoms with E-state index in [0.29, 0.717) is 0 Å². The maximum absolute atomic E-state index is 11.2. The lowest BCUT2D eigenvalue weighted by atomic mass is 9.96. The third-order valence-electron chi connectivity index (χ3n) is 2.57. The summed E-state index contributed by atoms with van der Waals surface area (Å²) in [6.45, 7) is 4.99. The standard InChI is InChI=1S/C10H15NO3/c1-3-4-8(12)11-10(2,9(13)14)7-5-6-7/h3,7H,1,4-6H2,2H3,(H,11,12)(H,13,14). The molecule has 0 aromatic carbocycles. The highest BCUT2D eigenvalue weighted by atomic mass is 16.4. The van der Waals surface area contributed by atoms with E-state index in [-0.39, 0.29) is 18.2 Å². The minimum Gasteiger partial charge on any atom is -0.480 e. The number of carboxylic acids is 1. The Kier molecular flexibility index (Phi) is 2.93. The fraction of sp³-hybridized carbons (Fsp3) is 0.600. The van der Waals surface area contributed by atoms with Crippen molar-refractivity contribution in [3.05, 3.63) is 12.7 Å². The normalized spacial score (nSPS) is 19.5. The molecule has 4 heteroatoms. The Bertz CT molecular complexity index is 271. The number of rotatable bonds is 5. The molecule has 4 nitrogen and oxygen atoms in total. The van der Waals surface area contributed by atoms with E-state index < -0.39 is 11.5 Å². The molecule has 1 saturated carbocycles. The van der Waals surface area contributed by atoms with Crippen LogP contribution >= 0.6 is 0 Å². The van der Waals surface area contributed by atoms with Crippen LogP contribution in [0.4, 0.5) is 0 Å². The van der Waals surface area contributed by atoms with Gasteiger partial charge in [0.05, 0.1) is 0 Å². The van der Waals surface area contributed by atoms with Crippen molar-refractivity contribution in [3.63, 3.8) is 0 Å². The zero-order chi connectivity index (χ0) is 10.8. The molecule has 0 saturated heterocycles. The van der Waals surface area contributed by atoms with Crippen LogP contribution in [0.15, 0.2) is 12.7 Å². The van der Waals surface area contributed by atoms with E-state index in [1.54, 1.807) is 6.92 Å². The summed E-state index contributed by atoms with van der Waals surface area (Å²) in [5.74, 6) is -1.16. The van der Waals surface area contributed by atoms with Gasteiger partial charge in [0.1, 0.15) is 5.54 Å². The first-order valence-corrected chi connectivity index (χ1v) is 4.66. The van der Waals surface area contributed by atoms with Crippen molar-refractivity contribution in [2.75, 3.05) is 0 Å². The minimum atomic E-state index is -1.10. The van der Waals surface area contributed by atoms with Crippen LogP contribution in [0, 0.1) is 5.92 Å². The zero-order valence-electron chi connectivity index (χ0n) is 8.25. The van der Waals surface area contributed by atoms with Gasteiger partial charge >= 0.3 is 5.97 Å². The monoisotopic (exact) mass is 197 g/mol. The molecule has 78 valence electrons. The molecule has 1 aliphatic rings. The van der Waals surface area contributed by atoms with Gasteiger partial charge in [-0.05, 0) is 25.7 Å². The molecule has 1 aliphatic carbocycles. The van der Waals surface area contributed by atoms with E-state index in [2.05, 4.69) is 11.9 Å². The summed E-state index contributed by atoms with van der Waals surface area (Å²) < 4.78 is 0. The molecule has 0 bridgehead atoms.